The molecule has 1 aromatic carbocycles. The minimum Gasteiger partial charge on any atom is -0.444 e. The minimum atomic E-state index is -0.846. The van der Waals surface area contributed by atoms with Crippen molar-refractivity contribution >= 4 is 17.7 Å². The summed E-state index contributed by atoms with van der Waals surface area (Å²) < 4.78 is 32.0. The Kier molecular flexibility index (Phi) is 5.92. The number of amides is 1. The van der Waals surface area contributed by atoms with Crippen LogP contribution in [0.4, 0.5) is 13.6 Å². The maximum absolute atomic E-state index is 13.8. The van der Waals surface area contributed by atoms with Gasteiger partial charge in [-0.15, -0.1) is 0 Å². The van der Waals surface area contributed by atoms with Crippen LogP contribution in [0, 0.1) is 11.6 Å². The summed E-state index contributed by atoms with van der Waals surface area (Å²) in [7, 11) is 0. The number of carbonyl (C=O) groups excluding carboxylic acids is 1. The Morgan fingerprint density at radius 2 is 2.05 bits per heavy atom. The van der Waals surface area contributed by atoms with Crippen LogP contribution >= 0.6 is 11.6 Å². The summed E-state index contributed by atoms with van der Waals surface area (Å²) in [6.07, 6.45) is -0.562. The van der Waals surface area contributed by atoms with E-state index in [4.69, 9.17) is 22.1 Å². The van der Waals surface area contributed by atoms with Crippen LogP contribution in [-0.2, 0) is 11.2 Å². The fraction of sp³-hybridized carbons (Fsp3) is 0.500. The van der Waals surface area contributed by atoms with Gasteiger partial charge < -0.3 is 15.8 Å². The highest BCUT2D eigenvalue weighted by atomic mass is 35.5. The summed E-state index contributed by atoms with van der Waals surface area (Å²) >= 11 is 5.51. The predicted octanol–water partition coefficient (Wildman–Crippen LogP) is 3.01. The van der Waals surface area contributed by atoms with Gasteiger partial charge in [-0.25, -0.2) is 13.6 Å². The van der Waals surface area contributed by atoms with Gasteiger partial charge in [-0.2, -0.15) is 0 Å². The number of alkyl carbamates (subject to hydrolysis) is 1. The Balaban J connectivity index is 2.75. The molecule has 0 radical (unpaired) electrons. The summed E-state index contributed by atoms with van der Waals surface area (Å²) in [4.78, 5) is 11.7. The summed E-state index contributed by atoms with van der Waals surface area (Å²) in [5.41, 5.74) is 5.08. The molecule has 0 saturated heterocycles. The van der Waals surface area contributed by atoms with Crippen molar-refractivity contribution in [1.82, 2.24) is 5.32 Å². The normalized spacial score (nSPS) is 12.9. The second-order valence-electron chi connectivity index (χ2n) is 5.62. The quantitative estimate of drug-likeness (QED) is 0.838. The molecule has 0 heterocycles. The Morgan fingerprint density at radius 1 is 1.43 bits per heavy atom. The molecule has 1 rings (SSSR count). The van der Waals surface area contributed by atoms with Crippen molar-refractivity contribution in [2.24, 2.45) is 5.73 Å². The predicted molar refractivity (Wildman–Crippen MR) is 77.3 cm³/mol. The number of carbonyl (C=O) groups is 1. The molecule has 0 spiro atoms. The van der Waals surface area contributed by atoms with E-state index in [2.05, 4.69) is 5.32 Å². The maximum Gasteiger partial charge on any atom is 0.407 e. The Labute approximate surface area is 127 Å². The average Bonchev–Trinajstić information content (AvgIpc) is 2.36. The van der Waals surface area contributed by atoms with Crippen LogP contribution in [0.25, 0.3) is 0 Å². The minimum absolute atomic E-state index is 0.0771. The highest BCUT2D eigenvalue weighted by Crippen LogP contribution is 2.22. The first kappa shape index (κ1) is 17.7. The van der Waals surface area contributed by atoms with E-state index >= 15 is 0 Å². The second-order valence-corrected chi connectivity index (χ2v) is 6.00. The molecule has 7 heteroatoms. The molecule has 118 valence electrons. The zero-order valence-electron chi connectivity index (χ0n) is 12.2. The van der Waals surface area contributed by atoms with E-state index in [-0.39, 0.29) is 18.5 Å². The summed E-state index contributed by atoms with van der Waals surface area (Å²) in [5, 5.41) is 1.97. The summed E-state index contributed by atoms with van der Waals surface area (Å²) in [6.45, 7) is 5.25. The lowest BCUT2D eigenvalue weighted by molar-refractivity contribution is 0.0505. The monoisotopic (exact) mass is 320 g/mol. The fourth-order valence-electron chi connectivity index (χ4n) is 1.66. The molecule has 0 aliphatic rings. The molecule has 0 fully saturated rings. The van der Waals surface area contributed by atoms with Crippen LogP contribution < -0.4 is 11.1 Å². The summed E-state index contributed by atoms with van der Waals surface area (Å²) in [5.74, 6) is -1.68. The zero-order chi connectivity index (χ0) is 16.2. The second kappa shape index (κ2) is 7.04. The molecular weight excluding hydrogens is 302 g/mol. The third-order valence-corrected chi connectivity index (χ3v) is 2.93. The van der Waals surface area contributed by atoms with E-state index in [1.54, 1.807) is 20.8 Å². The van der Waals surface area contributed by atoms with Gasteiger partial charge in [-0.05, 0) is 38.8 Å². The van der Waals surface area contributed by atoms with Crippen molar-refractivity contribution in [3.63, 3.8) is 0 Å². The number of hydrogen-bond donors (Lipinski definition) is 2. The van der Waals surface area contributed by atoms with Crippen molar-refractivity contribution in [2.45, 2.75) is 38.8 Å². The van der Waals surface area contributed by atoms with Gasteiger partial charge in [-0.1, -0.05) is 17.7 Å². The molecule has 0 aromatic heterocycles. The zero-order valence-corrected chi connectivity index (χ0v) is 12.9. The lowest BCUT2D eigenvalue weighted by atomic mass is 10.1. The molecule has 0 saturated carbocycles. The number of nitrogens with two attached hydrogens (primary N) is 1. The van der Waals surface area contributed by atoms with E-state index in [1.165, 1.54) is 6.07 Å². The highest BCUT2D eigenvalue weighted by Gasteiger charge is 2.21. The topological polar surface area (TPSA) is 64.3 Å². The van der Waals surface area contributed by atoms with Gasteiger partial charge in [0.1, 0.15) is 22.3 Å². The lowest BCUT2D eigenvalue weighted by Crippen LogP contribution is -2.44. The molecule has 0 aliphatic carbocycles. The summed E-state index contributed by atoms with van der Waals surface area (Å²) in [6, 6.07) is 1.80. The van der Waals surface area contributed by atoms with Gasteiger partial charge in [0, 0.05) is 12.6 Å². The first-order valence-electron chi connectivity index (χ1n) is 6.46. The molecule has 21 heavy (non-hydrogen) atoms. The molecule has 1 unspecified atom stereocenters. The number of rotatable bonds is 4. The van der Waals surface area contributed by atoms with Crippen LogP contribution in [0.5, 0.6) is 0 Å². The molecular formula is C14H19ClF2N2O2. The maximum atomic E-state index is 13.8. The molecule has 0 bridgehead atoms. The third kappa shape index (κ3) is 5.47. The number of benzene rings is 1. The van der Waals surface area contributed by atoms with Crippen LogP contribution in [-0.4, -0.2) is 24.3 Å². The van der Waals surface area contributed by atoms with Gasteiger partial charge in [-0.3, -0.25) is 0 Å². The number of hydrogen-bond acceptors (Lipinski definition) is 3. The average molecular weight is 321 g/mol. The van der Waals surface area contributed by atoms with Gasteiger partial charge in [0.25, 0.3) is 0 Å². The van der Waals surface area contributed by atoms with Gasteiger partial charge in [0.15, 0.2) is 0 Å². The van der Waals surface area contributed by atoms with Crippen molar-refractivity contribution in [3.8, 4) is 0 Å². The van der Waals surface area contributed by atoms with Crippen molar-refractivity contribution in [3.05, 3.63) is 34.4 Å². The lowest BCUT2D eigenvalue weighted by Gasteiger charge is -2.23. The van der Waals surface area contributed by atoms with Gasteiger partial charge >= 0.3 is 6.09 Å². The van der Waals surface area contributed by atoms with Gasteiger partial charge in [0.2, 0.25) is 0 Å². The van der Waals surface area contributed by atoms with Crippen LogP contribution in [0.15, 0.2) is 12.1 Å². The Bertz CT molecular complexity index is 518. The Morgan fingerprint density at radius 3 is 2.57 bits per heavy atom. The first-order chi connectivity index (χ1) is 9.64. The number of ether oxygens (including phenoxy) is 1. The van der Waals surface area contributed by atoms with E-state index in [0.29, 0.717) is 0 Å². The van der Waals surface area contributed by atoms with Gasteiger partial charge in [0.05, 0.1) is 0 Å². The van der Waals surface area contributed by atoms with Crippen molar-refractivity contribution in [1.29, 1.82) is 0 Å². The van der Waals surface area contributed by atoms with E-state index < -0.39 is 34.4 Å². The number of nitrogens with one attached hydrogen (secondary N) is 1. The molecule has 1 atom stereocenters. The van der Waals surface area contributed by atoms with Crippen LogP contribution in [0.2, 0.25) is 5.02 Å². The highest BCUT2D eigenvalue weighted by molar-refractivity contribution is 6.30. The SMILES string of the molecule is CC(C)(C)OC(=O)NC(CN)Cc1ccc(F)c(Cl)c1F. The largest absolute Gasteiger partial charge is 0.444 e. The van der Waals surface area contributed by atoms with Crippen LogP contribution in [0.3, 0.4) is 0 Å². The van der Waals surface area contributed by atoms with E-state index in [1.807, 2.05) is 0 Å². The smallest absolute Gasteiger partial charge is 0.407 e. The third-order valence-electron chi connectivity index (χ3n) is 2.59. The molecule has 4 nitrogen and oxygen atoms in total. The van der Waals surface area contributed by atoms with E-state index in [0.717, 1.165) is 6.07 Å². The van der Waals surface area contributed by atoms with Crippen molar-refractivity contribution in [2.75, 3.05) is 6.54 Å². The fourth-order valence-corrected chi connectivity index (χ4v) is 1.84. The van der Waals surface area contributed by atoms with Crippen molar-refractivity contribution < 1.29 is 18.3 Å². The molecule has 1 amide bonds. The van der Waals surface area contributed by atoms with E-state index in [9.17, 15) is 13.6 Å². The standard InChI is InChI=1S/C14H19ClF2N2O2/c1-14(2,3)21-13(20)19-9(7-18)6-8-4-5-10(16)11(15)12(8)17/h4-5,9H,6-7,18H2,1-3H3,(H,19,20). The number of halogens is 3. The molecule has 1 aromatic rings. The molecule has 3 N–H and O–H groups in total. The van der Waals surface area contributed by atoms with Crippen LogP contribution in [0.1, 0.15) is 26.3 Å². The molecule has 0 aliphatic heterocycles. The first-order valence-corrected chi connectivity index (χ1v) is 6.83. The Hall–Kier alpha value is -1.40.